The van der Waals surface area contributed by atoms with Crippen LogP contribution in [-0.4, -0.2) is 31.3 Å². The number of benzene rings is 1. The van der Waals surface area contributed by atoms with Crippen LogP contribution in [0.4, 0.5) is 0 Å². The maximum absolute atomic E-state index is 11.9. The lowest BCUT2D eigenvalue weighted by molar-refractivity contribution is 0.0977. The molecule has 1 aromatic carbocycles. The molecule has 1 aromatic rings. The number of Topliss-reactive ketones (excluding diaryl/α,β-unsaturated/α-hetero) is 1. The van der Waals surface area contributed by atoms with Gasteiger partial charge >= 0.3 is 0 Å². The summed E-state index contributed by atoms with van der Waals surface area (Å²) in [4.78, 5) is 13.9. The van der Waals surface area contributed by atoms with Crippen LogP contribution in [0.15, 0.2) is 18.2 Å². The zero-order chi connectivity index (χ0) is 12.1. The summed E-state index contributed by atoms with van der Waals surface area (Å²) in [6, 6.07) is 5.57. The quantitative estimate of drug-likeness (QED) is 0.736. The second-order valence-electron chi connectivity index (χ2n) is 4.31. The van der Waals surface area contributed by atoms with Gasteiger partial charge in [-0.05, 0) is 51.7 Å². The summed E-state index contributed by atoms with van der Waals surface area (Å²) >= 11 is 6.03. The van der Waals surface area contributed by atoms with Crippen LogP contribution >= 0.6 is 11.6 Å². The zero-order valence-corrected chi connectivity index (χ0v) is 10.8. The van der Waals surface area contributed by atoms with E-state index in [-0.39, 0.29) is 5.78 Å². The average molecular weight is 240 g/mol. The van der Waals surface area contributed by atoms with E-state index in [1.54, 1.807) is 0 Å². The van der Waals surface area contributed by atoms with E-state index in [2.05, 4.69) is 4.90 Å². The van der Waals surface area contributed by atoms with E-state index in [0.29, 0.717) is 17.0 Å². The Morgan fingerprint density at radius 2 is 2.06 bits per heavy atom. The minimum Gasteiger partial charge on any atom is -0.309 e. The molecule has 0 aromatic heterocycles. The van der Waals surface area contributed by atoms with Gasteiger partial charge in [0.15, 0.2) is 5.78 Å². The van der Waals surface area contributed by atoms with E-state index >= 15 is 0 Å². The SMILES string of the molecule is Cc1ccc(C(=O)CCCN(C)C)c(Cl)c1. The number of aryl methyl sites for hydroxylation is 1. The van der Waals surface area contributed by atoms with Crippen LogP contribution in [0, 0.1) is 6.92 Å². The molecule has 88 valence electrons. The molecule has 0 atom stereocenters. The Kier molecular flexibility index (Phi) is 4.97. The lowest BCUT2D eigenvalue weighted by atomic mass is 10.0. The molecule has 0 saturated carbocycles. The summed E-state index contributed by atoms with van der Waals surface area (Å²) in [5.41, 5.74) is 1.72. The smallest absolute Gasteiger partial charge is 0.164 e. The van der Waals surface area contributed by atoms with E-state index in [1.165, 1.54) is 0 Å². The van der Waals surface area contributed by atoms with Crippen LogP contribution in [0.1, 0.15) is 28.8 Å². The second kappa shape index (κ2) is 6.02. The highest BCUT2D eigenvalue weighted by molar-refractivity contribution is 6.34. The molecule has 0 heterocycles. The highest BCUT2D eigenvalue weighted by Gasteiger charge is 2.09. The summed E-state index contributed by atoms with van der Waals surface area (Å²) in [5.74, 6) is 0.131. The number of halogens is 1. The molecule has 0 aliphatic rings. The number of nitrogens with zero attached hydrogens (tertiary/aromatic N) is 1. The first-order chi connectivity index (χ1) is 7.50. The van der Waals surface area contributed by atoms with Gasteiger partial charge < -0.3 is 4.90 Å². The van der Waals surface area contributed by atoms with Crippen LogP contribution < -0.4 is 0 Å². The fourth-order valence-corrected chi connectivity index (χ4v) is 1.88. The molecule has 1 rings (SSSR count). The Balaban J connectivity index is 2.59. The third-order valence-electron chi connectivity index (χ3n) is 2.43. The number of rotatable bonds is 5. The van der Waals surface area contributed by atoms with Crippen LogP contribution in [0.2, 0.25) is 5.02 Å². The summed E-state index contributed by atoms with van der Waals surface area (Å²) in [7, 11) is 4.01. The summed E-state index contributed by atoms with van der Waals surface area (Å²) in [6.07, 6.45) is 1.43. The van der Waals surface area contributed by atoms with Gasteiger partial charge in [-0.3, -0.25) is 4.79 Å². The lowest BCUT2D eigenvalue weighted by Gasteiger charge is -2.09. The Hall–Kier alpha value is -0.860. The number of carbonyl (C=O) groups is 1. The van der Waals surface area contributed by atoms with Gasteiger partial charge in [0.1, 0.15) is 0 Å². The van der Waals surface area contributed by atoms with Crippen molar-refractivity contribution in [2.24, 2.45) is 0 Å². The van der Waals surface area contributed by atoms with Gasteiger partial charge in [0.25, 0.3) is 0 Å². The highest BCUT2D eigenvalue weighted by atomic mass is 35.5. The molecule has 0 aliphatic carbocycles. The topological polar surface area (TPSA) is 20.3 Å². The van der Waals surface area contributed by atoms with Gasteiger partial charge in [0, 0.05) is 12.0 Å². The summed E-state index contributed by atoms with van der Waals surface area (Å²) in [5, 5.41) is 0.565. The fraction of sp³-hybridized carbons (Fsp3) is 0.462. The number of hydrogen-bond acceptors (Lipinski definition) is 2. The fourth-order valence-electron chi connectivity index (χ4n) is 1.54. The molecule has 0 saturated heterocycles. The van der Waals surface area contributed by atoms with Crippen molar-refractivity contribution >= 4 is 17.4 Å². The maximum Gasteiger partial charge on any atom is 0.164 e. The lowest BCUT2D eigenvalue weighted by Crippen LogP contribution is -2.14. The molecule has 0 spiro atoms. The molecule has 2 nitrogen and oxygen atoms in total. The molecule has 0 bridgehead atoms. The Bertz CT molecular complexity index is 374. The van der Waals surface area contributed by atoms with Gasteiger partial charge in [-0.1, -0.05) is 17.7 Å². The molecule has 3 heteroatoms. The van der Waals surface area contributed by atoms with Crippen LogP contribution in [0.25, 0.3) is 0 Å². The van der Waals surface area contributed by atoms with Crippen molar-refractivity contribution in [3.8, 4) is 0 Å². The van der Waals surface area contributed by atoms with Crippen molar-refractivity contribution < 1.29 is 4.79 Å². The monoisotopic (exact) mass is 239 g/mol. The largest absolute Gasteiger partial charge is 0.309 e. The first-order valence-corrected chi connectivity index (χ1v) is 5.82. The van der Waals surface area contributed by atoms with Gasteiger partial charge in [0.2, 0.25) is 0 Å². The molecule has 0 aliphatic heterocycles. The maximum atomic E-state index is 11.9. The first-order valence-electron chi connectivity index (χ1n) is 5.45. The van der Waals surface area contributed by atoms with Gasteiger partial charge in [-0.2, -0.15) is 0 Å². The average Bonchev–Trinajstić information content (AvgIpc) is 2.16. The molecule has 0 radical (unpaired) electrons. The van der Waals surface area contributed by atoms with Crippen LogP contribution in [-0.2, 0) is 0 Å². The van der Waals surface area contributed by atoms with Crippen molar-refractivity contribution in [2.45, 2.75) is 19.8 Å². The second-order valence-corrected chi connectivity index (χ2v) is 4.72. The summed E-state index contributed by atoms with van der Waals surface area (Å²) < 4.78 is 0. The van der Waals surface area contributed by atoms with E-state index in [0.717, 1.165) is 18.5 Å². The molecular formula is C13H18ClNO. The van der Waals surface area contributed by atoms with Crippen LogP contribution in [0.3, 0.4) is 0 Å². The minimum atomic E-state index is 0.131. The summed E-state index contributed by atoms with van der Waals surface area (Å²) in [6.45, 7) is 2.89. The van der Waals surface area contributed by atoms with Crippen molar-refractivity contribution in [3.05, 3.63) is 34.3 Å². The molecular weight excluding hydrogens is 222 g/mol. The van der Waals surface area contributed by atoms with E-state index < -0.39 is 0 Å². The predicted molar refractivity (Wildman–Crippen MR) is 68.3 cm³/mol. The van der Waals surface area contributed by atoms with Crippen molar-refractivity contribution in [2.75, 3.05) is 20.6 Å². The van der Waals surface area contributed by atoms with Gasteiger partial charge in [0.05, 0.1) is 5.02 Å². The number of hydrogen-bond donors (Lipinski definition) is 0. The van der Waals surface area contributed by atoms with E-state index in [1.807, 2.05) is 39.2 Å². The molecule has 0 N–H and O–H groups in total. The molecule has 0 unspecified atom stereocenters. The zero-order valence-electron chi connectivity index (χ0n) is 10.1. The van der Waals surface area contributed by atoms with Crippen molar-refractivity contribution in [3.63, 3.8) is 0 Å². The van der Waals surface area contributed by atoms with E-state index in [4.69, 9.17) is 11.6 Å². The Morgan fingerprint density at radius 3 is 2.62 bits per heavy atom. The highest BCUT2D eigenvalue weighted by Crippen LogP contribution is 2.19. The first kappa shape index (κ1) is 13.2. The molecule has 0 fully saturated rings. The van der Waals surface area contributed by atoms with Gasteiger partial charge in [-0.15, -0.1) is 0 Å². The van der Waals surface area contributed by atoms with Gasteiger partial charge in [-0.25, -0.2) is 0 Å². The van der Waals surface area contributed by atoms with Crippen LogP contribution in [0.5, 0.6) is 0 Å². The molecule has 0 amide bonds. The third-order valence-corrected chi connectivity index (χ3v) is 2.75. The predicted octanol–water partition coefficient (Wildman–Crippen LogP) is 3.17. The Labute approximate surface area is 102 Å². The Morgan fingerprint density at radius 1 is 1.38 bits per heavy atom. The third kappa shape index (κ3) is 3.95. The minimum absolute atomic E-state index is 0.131. The standard InChI is InChI=1S/C13H18ClNO/c1-10-6-7-11(12(14)9-10)13(16)5-4-8-15(2)3/h6-7,9H,4-5,8H2,1-3H3. The van der Waals surface area contributed by atoms with E-state index in [9.17, 15) is 4.79 Å². The number of carbonyl (C=O) groups excluding carboxylic acids is 1. The number of ketones is 1. The van der Waals surface area contributed by atoms with Crippen molar-refractivity contribution in [1.29, 1.82) is 0 Å². The molecule has 16 heavy (non-hydrogen) atoms. The normalized spacial score (nSPS) is 10.8. The van der Waals surface area contributed by atoms with Crippen molar-refractivity contribution in [1.82, 2.24) is 4.90 Å².